The van der Waals surface area contributed by atoms with E-state index in [1.165, 1.54) is 18.3 Å². The van der Waals surface area contributed by atoms with Gasteiger partial charge in [0, 0.05) is 18.3 Å². The minimum absolute atomic E-state index is 0.0252. The van der Waals surface area contributed by atoms with Gasteiger partial charge in [-0.1, -0.05) is 0 Å². The third kappa shape index (κ3) is 2.74. The van der Waals surface area contributed by atoms with E-state index >= 15 is 0 Å². The third-order valence-electron chi connectivity index (χ3n) is 2.88. The fourth-order valence-corrected chi connectivity index (χ4v) is 2.54. The van der Waals surface area contributed by atoms with Gasteiger partial charge in [-0.05, 0) is 7.05 Å². The van der Waals surface area contributed by atoms with Crippen LogP contribution in [0, 0.1) is 5.92 Å². The molecule has 0 saturated carbocycles. The molecule has 1 aromatic rings. The normalized spacial score (nSPS) is 23.0. The molecule has 7 heteroatoms. The standard InChI is InChI=1S/C11H15N3O3S/c1-6(15)9-5-18-11(13-9)14-10(16)7-3-17-4-8(7)12-2/h5,7-8,12H,3-4H2,1-2H3,(H,13,14,16). The number of carbonyl (C=O) groups excluding carboxylic acids is 2. The summed E-state index contributed by atoms with van der Waals surface area (Å²) in [6, 6.07) is 0.0252. The van der Waals surface area contributed by atoms with Gasteiger partial charge in [0.2, 0.25) is 5.91 Å². The second-order valence-electron chi connectivity index (χ2n) is 4.12. The van der Waals surface area contributed by atoms with Crippen molar-refractivity contribution in [2.24, 2.45) is 5.92 Å². The quantitative estimate of drug-likeness (QED) is 0.779. The maximum Gasteiger partial charge on any atom is 0.233 e. The smallest absolute Gasteiger partial charge is 0.233 e. The molecule has 6 nitrogen and oxygen atoms in total. The Balaban J connectivity index is 2.00. The molecule has 1 saturated heterocycles. The highest BCUT2D eigenvalue weighted by Gasteiger charge is 2.33. The number of aromatic nitrogens is 1. The molecule has 1 fully saturated rings. The van der Waals surface area contributed by atoms with Crippen LogP contribution in [-0.2, 0) is 9.53 Å². The minimum Gasteiger partial charge on any atom is -0.379 e. The second-order valence-corrected chi connectivity index (χ2v) is 4.98. The minimum atomic E-state index is -0.223. The van der Waals surface area contributed by atoms with E-state index in [-0.39, 0.29) is 23.7 Å². The van der Waals surface area contributed by atoms with Crippen LogP contribution in [0.5, 0.6) is 0 Å². The number of ether oxygens (including phenoxy) is 1. The summed E-state index contributed by atoms with van der Waals surface area (Å²) >= 11 is 1.25. The molecule has 18 heavy (non-hydrogen) atoms. The number of nitrogens with one attached hydrogen (secondary N) is 2. The van der Waals surface area contributed by atoms with Gasteiger partial charge in [0.15, 0.2) is 10.9 Å². The highest BCUT2D eigenvalue weighted by atomic mass is 32.1. The van der Waals surface area contributed by atoms with Gasteiger partial charge in [-0.15, -0.1) is 11.3 Å². The topological polar surface area (TPSA) is 80.3 Å². The lowest BCUT2D eigenvalue weighted by molar-refractivity contribution is -0.120. The van der Waals surface area contributed by atoms with Crippen LogP contribution in [0.1, 0.15) is 17.4 Å². The molecule has 98 valence electrons. The Kier molecular flexibility index (Phi) is 4.05. The van der Waals surface area contributed by atoms with E-state index in [2.05, 4.69) is 15.6 Å². The maximum absolute atomic E-state index is 12.0. The van der Waals surface area contributed by atoms with Gasteiger partial charge in [-0.25, -0.2) is 4.98 Å². The number of anilines is 1. The maximum atomic E-state index is 12.0. The first-order valence-electron chi connectivity index (χ1n) is 5.64. The van der Waals surface area contributed by atoms with Gasteiger partial charge in [0.1, 0.15) is 5.69 Å². The summed E-state index contributed by atoms with van der Waals surface area (Å²) < 4.78 is 5.27. The number of ketones is 1. The lowest BCUT2D eigenvalue weighted by Crippen LogP contribution is -2.39. The van der Waals surface area contributed by atoms with Crippen molar-refractivity contribution < 1.29 is 14.3 Å². The molecule has 0 aliphatic carbocycles. The van der Waals surface area contributed by atoms with Crippen molar-refractivity contribution >= 4 is 28.2 Å². The molecule has 1 aromatic heterocycles. The Morgan fingerprint density at radius 2 is 2.28 bits per heavy atom. The van der Waals surface area contributed by atoms with Gasteiger partial charge in [0.05, 0.1) is 19.1 Å². The van der Waals surface area contributed by atoms with Crippen LogP contribution in [0.25, 0.3) is 0 Å². The van der Waals surface area contributed by atoms with Crippen LogP contribution in [-0.4, -0.2) is 43.0 Å². The summed E-state index contributed by atoms with van der Waals surface area (Å²) in [6.07, 6.45) is 0. The number of likely N-dealkylation sites (N-methyl/N-ethyl adjacent to an activating group) is 1. The average Bonchev–Trinajstić information content (AvgIpc) is 2.96. The number of Topliss-reactive ketones (excluding diaryl/α,β-unsaturated/α-hetero) is 1. The van der Waals surface area contributed by atoms with Gasteiger partial charge in [-0.2, -0.15) is 0 Å². The SMILES string of the molecule is CNC1COCC1C(=O)Nc1nc(C(C)=O)cs1. The van der Waals surface area contributed by atoms with E-state index in [0.29, 0.717) is 24.0 Å². The summed E-state index contributed by atoms with van der Waals surface area (Å²) in [5.74, 6) is -0.458. The highest BCUT2D eigenvalue weighted by Crippen LogP contribution is 2.19. The van der Waals surface area contributed by atoms with Gasteiger partial charge >= 0.3 is 0 Å². The number of amides is 1. The Morgan fingerprint density at radius 1 is 1.50 bits per heavy atom. The first-order chi connectivity index (χ1) is 8.61. The first-order valence-corrected chi connectivity index (χ1v) is 6.52. The number of carbonyl (C=O) groups is 2. The monoisotopic (exact) mass is 269 g/mol. The number of nitrogens with zero attached hydrogens (tertiary/aromatic N) is 1. The van der Waals surface area contributed by atoms with Crippen molar-refractivity contribution in [3.63, 3.8) is 0 Å². The van der Waals surface area contributed by atoms with Crippen LogP contribution < -0.4 is 10.6 Å². The zero-order valence-electron chi connectivity index (χ0n) is 10.2. The molecule has 1 aliphatic heterocycles. The molecular weight excluding hydrogens is 254 g/mol. The summed E-state index contributed by atoms with van der Waals surface area (Å²) in [4.78, 5) is 27.2. The molecule has 2 atom stereocenters. The Bertz CT molecular complexity index is 460. The molecule has 2 N–H and O–H groups in total. The lowest BCUT2D eigenvalue weighted by atomic mass is 10.0. The molecule has 1 amide bonds. The Morgan fingerprint density at radius 3 is 2.89 bits per heavy atom. The second kappa shape index (κ2) is 5.55. The van der Waals surface area contributed by atoms with Crippen molar-refractivity contribution in [2.75, 3.05) is 25.6 Å². The molecule has 1 aliphatic rings. The van der Waals surface area contributed by atoms with Crippen LogP contribution in [0.4, 0.5) is 5.13 Å². The lowest BCUT2D eigenvalue weighted by Gasteiger charge is -2.15. The highest BCUT2D eigenvalue weighted by molar-refractivity contribution is 7.14. The van der Waals surface area contributed by atoms with Gasteiger partial charge < -0.3 is 15.4 Å². The number of hydrogen-bond acceptors (Lipinski definition) is 6. The van der Waals surface area contributed by atoms with Crippen molar-refractivity contribution in [3.05, 3.63) is 11.1 Å². The zero-order valence-corrected chi connectivity index (χ0v) is 11.0. The molecule has 0 aromatic carbocycles. The summed E-state index contributed by atoms with van der Waals surface area (Å²) in [5.41, 5.74) is 0.378. The van der Waals surface area contributed by atoms with E-state index < -0.39 is 0 Å². The van der Waals surface area contributed by atoms with Crippen molar-refractivity contribution in [2.45, 2.75) is 13.0 Å². The molecule has 0 radical (unpaired) electrons. The number of hydrogen-bond donors (Lipinski definition) is 2. The van der Waals surface area contributed by atoms with E-state index in [4.69, 9.17) is 4.74 Å². The van der Waals surface area contributed by atoms with Crippen LogP contribution in [0.15, 0.2) is 5.38 Å². The molecule has 0 spiro atoms. The van der Waals surface area contributed by atoms with Gasteiger partial charge in [0.25, 0.3) is 0 Å². The summed E-state index contributed by atoms with van der Waals surface area (Å²) in [6.45, 7) is 2.38. The fourth-order valence-electron chi connectivity index (χ4n) is 1.79. The van der Waals surface area contributed by atoms with E-state index in [9.17, 15) is 9.59 Å². The van der Waals surface area contributed by atoms with Crippen molar-refractivity contribution in [1.82, 2.24) is 10.3 Å². The van der Waals surface area contributed by atoms with Crippen molar-refractivity contribution in [3.8, 4) is 0 Å². The Labute approximate surface area is 109 Å². The predicted molar refractivity (Wildman–Crippen MR) is 67.9 cm³/mol. The van der Waals surface area contributed by atoms with Crippen LogP contribution >= 0.6 is 11.3 Å². The van der Waals surface area contributed by atoms with E-state index in [1.807, 2.05) is 0 Å². The predicted octanol–water partition coefficient (Wildman–Crippen LogP) is 0.519. The van der Waals surface area contributed by atoms with Crippen LogP contribution in [0.2, 0.25) is 0 Å². The average molecular weight is 269 g/mol. The Hall–Kier alpha value is -1.31. The fraction of sp³-hybridized carbons (Fsp3) is 0.545. The van der Waals surface area contributed by atoms with Crippen LogP contribution in [0.3, 0.4) is 0 Å². The van der Waals surface area contributed by atoms with Crippen molar-refractivity contribution in [1.29, 1.82) is 0 Å². The molecule has 2 rings (SSSR count). The number of rotatable bonds is 4. The molecule has 2 unspecified atom stereocenters. The first kappa shape index (κ1) is 13.1. The molecule has 2 heterocycles. The summed E-state index contributed by atoms with van der Waals surface area (Å²) in [5, 5.41) is 7.86. The largest absolute Gasteiger partial charge is 0.379 e. The third-order valence-corrected chi connectivity index (χ3v) is 3.64. The molecular formula is C11H15N3O3S. The number of thiazole rings is 1. The van der Waals surface area contributed by atoms with E-state index in [0.717, 1.165) is 0 Å². The zero-order chi connectivity index (χ0) is 13.1. The van der Waals surface area contributed by atoms with E-state index in [1.54, 1.807) is 12.4 Å². The summed E-state index contributed by atoms with van der Waals surface area (Å²) in [7, 11) is 1.80. The van der Waals surface area contributed by atoms with Gasteiger partial charge in [-0.3, -0.25) is 9.59 Å². The molecule has 0 bridgehead atoms.